The predicted molar refractivity (Wildman–Crippen MR) is 80.4 cm³/mol. The van der Waals surface area contributed by atoms with E-state index in [1.165, 1.54) is 5.56 Å². The number of hydrogen-bond donors (Lipinski definition) is 2. The zero-order chi connectivity index (χ0) is 14.7. The molecule has 0 spiro atoms. The fourth-order valence-corrected chi connectivity index (χ4v) is 2.26. The van der Waals surface area contributed by atoms with Crippen molar-refractivity contribution in [1.29, 1.82) is 0 Å². The summed E-state index contributed by atoms with van der Waals surface area (Å²) in [5.41, 5.74) is 9.88. The first-order valence-electron chi connectivity index (χ1n) is 6.57. The smallest absolute Gasteiger partial charge is 0.272 e. The molecule has 0 bridgehead atoms. The summed E-state index contributed by atoms with van der Waals surface area (Å²) in [7, 11) is 0. The minimum Gasteiger partial charge on any atom is -0.397 e. The number of rotatable bonds is 3. The highest BCUT2D eigenvalue weighted by Gasteiger charge is 2.15. The Bertz CT molecular complexity index is 637. The van der Waals surface area contributed by atoms with Crippen molar-refractivity contribution in [2.24, 2.45) is 0 Å². The topological polar surface area (TPSA) is 68.0 Å². The second-order valence-corrected chi connectivity index (χ2v) is 5.00. The van der Waals surface area contributed by atoms with E-state index in [-0.39, 0.29) is 17.6 Å². The number of benzene rings is 1. The summed E-state index contributed by atoms with van der Waals surface area (Å²) in [6, 6.07) is 9.47. The van der Waals surface area contributed by atoms with Crippen LogP contribution >= 0.6 is 0 Å². The predicted octanol–water partition coefficient (Wildman–Crippen LogP) is 2.77. The molecule has 20 heavy (non-hydrogen) atoms. The maximum atomic E-state index is 12.2. The summed E-state index contributed by atoms with van der Waals surface area (Å²) in [5, 5.41) is 2.93. The lowest BCUT2D eigenvalue weighted by Gasteiger charge is -2.17. The van der Waals surface area contributed by atoms with Gasteiger partial charge in [0.2, 0.25) is 0 Å². The van der Waals surface area contributed by atoms with Crippen LogP contribution in [0.1, 0.15) is 40.1 Å². The molecular formula is C16H19N3O. The average Bonchev–Trinajstić information content (AvgIpc) is 2.38. The molecule has 1 atom stereocenters. The Morgan fingerprint density at radius 2 is 2.05 bits per heavy atom. The van der Waals surface area contributed by atoms with Gasteiger partial charge in [0.1, 0.15) is 0 Å². The van der Waals surface area contributed by atoms with Gasteiger partial charge in [0.15, 0.2) is 5.69 Å². The highest BCUT2D eigenvalue weighted by molar-refractivity contribution is 5.97. The number of nitrogens with two attached hydrogens (primary N) is 1. The van der Waals surface area contributed by atoms with Crippen molar-refractivity contribution in [1.82, 2.24) is 10.3 Å². The second kappa shape index (κ2) is 5.74. The lowest BCUT2D eigenvalue weighted by molar-refractivity contribution is 0.0936. The first-order chi connectivity index (χ1) is 9.49. The third-order valence-corrected chi connectivity index (χ3v) is 3.29. The summed E-state index contributed by atoms with van der Waals surface area (Å²) in [4.78, 5) is 16.2. The first-order valence-corrected chi connectivity index (χ1v) is 6.57. The van der Waals surface area contributed by atoms with E-state index in [2.05, 4.69) is 23.3 Å². The van der Waals surface area contributed by atoms with E-state index in [1.54, 1.807) is 18.3 Å². The van der Waals surface area contributed by atoms with Gasteiger partial charge in [0.05, 0.1) is 11.7 Å². The zero-order valence-electron chi connectivity index (χ0n) is 12.0. The van der Waals surface area contributed by atoms with Gasteiger partial charge < -0.3 is 11.1 Å². The van der Waals surface area contributed by atoms with Gasteiger partial charge in [-0.15, -0.1) is 0 Å². The van der Waals surface area contributed by atoms with Gasteiger partial charge >= 0.3 is 0 Å². The molecule has 104 valence electrons. The van der Waals surface area contributed by atoms with Crippen molar-refractivity contribution >= 4 is 11.6 Å². The second-order valence-electron chi connectivity index (χ2n) is 5.00. The number of aryl methyl sites for hydroxylation is 2. The molecule has 2 rings (SSSR count). The van der Waals surface area contributed by atoms with Crippen LogP contribution in [0.25, 0.3) is 0 Å². The molecule has 3 N–H and O–H groups in total. The van der Waals surface area contributed by atoms with Gasteiger partial charge in [-0.25, -0.2) is 4.98 Å². The molecule has 4 nitrogen and oxygen atoms in total. The maximum Gasteiger partial charge on any atom is 0.272 e. The van der Waals surface area contributed by atoms with E-state index in [0.717, 1.165) is 11.1 Å². The van der Waals surface area contributed by atoms with Crippen molar-refractivity contribution in [3.8, 4) is 0 Å². The Morgan fingerprint density at radius 1 is 1.30 bits per heavy atom. The minimum absolute atomic E-state index is 0.0930. The van der Waals surface area contributed by atoms with E-state index >= 15 is 0 Å². The van der Waals surface area contributed by atoms with E-state index in [4.69, 9.17) is 5.73 Å². The molecule has 0 aliphatic heterocycles. The average molecular weight is 269 g/mol. The molecule has 0 fully saturated rings. The molecule has 1 heterocycles. The maximum absolute atomic E-state index is 12.2. The lowest BCUT2D eigenvalue weighted by atomic mass is 10.00. The molecule has 0 aliphatic rings. The molecule has 1 aromatic heterocycles. The van der Waals surface area contributed by atoms with Crippen LogP contribution in [0.2, 0.25) is 0 Å². The Morgan fingerprint density at radius 3 is 2.70 bits per heavy atom. The number of anilines is 1. The van der Waals surface area contributed by atoms with Crippen LogP contribution in [-0.4, -0.2) is 10.9 Å². The summed E-state index contributed by atoms with van der Waals surface area (Å²) >= 11 is 0. The van der Waals surface area contributed by atoms with Gasteiger partial charge in [-0.1, -0.05) is 23.8 Å². The number of aromatic nitrogens is 1. The van der Waals surface area contributed by atoms with Crippen LogP contribution in [0.3, 0.4) is 0 Å². The van der Waals surface area contributed by atoms with Crippen LogP contribution < -0.4 is 11.1 Å². The number of nitrogen functional groups attached to an aromatic ring is 1. The van der Waals surface area contributed by atoms with Crippen LogP contribution in [0.5, 0.6) is 0 Å². The number of amides is 1. The van der Waals surface area contributed by atoms with Crippen molar-refractivity contribution in [2.45, 2.75) is 26.8 Å². The van der Waals surface area contributed by atoms with Crippen molar-refractivity contribution < 1.29 is 4.79 Å². The van der Waals surface area contributed by atoms with E-state index in [9.17, 15) is 4.79 Å². The van der Waals surface area contributed by atoms with Gasteiger partial charge in [-0.2, -0.15) is 0 Å². The third kappa shape index (κ3) is 2.96. The Balaban J connectivity index is 2.17. The van der Waals surface area contributed by atoms with Crippen molar-refractivity contribution in [2.75, 3.05) is 5.73 Å². The molecule has 0 saturated carbocycles. The molecule has 1 unspecified atom stereocenters. The minimum atomic E-state index is -0.254. The number of nitrogens with zero attached hydrogens (tertiary/aromatic N) is 1. The van der Waals surface area contributed by atoms with Crippen LogP contribution in [0.15, 0.2) is 36.5 Å². The highest BCUT2D eigenvalue weighted by Crippen LogP contribution is 2.19. The van der Waals surface area contributed by atoms with E-state index in [0.29, 0.717) is 5.69 Å². The molecule has 0 radical (unpaired) electrons. The number of nitrogens with one attached hydrogen (secondary N) is 1. The SMILES string of the molecule is Cc1ccc(C(C)NC(=O)c2ncccc2N)c(C)c1. The molecule has 2 aromatic rings. The normalized spacial score (nSPS) is 11.9. The fourth-order valence-electron chi connectivity index (χ4n) is 2.26. The van der Waals surface area contributed by atoms with E-state index < -0.39 is 0 Å². The highest BCUT2D eigenvalue weighted by atomic mass is 16.1. The number of carbonyl (C=O) groups excluding carboxylic acids is 1. The van der Waals surface area contributed by atoms with Crippen molar-refractivity contribution in [3.05, 3.63) is 58.9 Å². The fraction of sp³-hybridized carbons (Fsp3) is 0.250. The summed E-state index contributed by atoms with van der Waals surface area (Å²) < 4.78 is 0. The number of hydrogen-bond acceptors (Lipinski definition) is 3. The van der Waals surface area contributed by atoms with Gasteiger partial charge in [-0.3, -0.25) is 4.79 Å². The largest absolute Gasteiger partial charge is 0.397 e. The molecule has 0 aliphatic carbocycles. The monoisotopic (exact) mass is 269 g/mol. The van der Waals surface area contributed by atoms with Crippen LogP contribution in [0, 0.1) is 13.8 Å². The van der Waals surface area contributed by atoms with Gasteiger partial charge in [0.25, 0.3) is 5.91 Å². The first kappa shape index (κ1) is 14.1. The molecule has 4 heteroatoms. The molecule has 0 saturated heterocycles. The van der Waals surface area contributed by atoms with Gasteiger partial charge in [-0.05, 0) is 44.0 Å². The number of carbonyl (C=O) groups is 1. The molecular weight excluding hydrogens is 250 g/mol. The Hall–Kier alpha value is -2.36. The van der Waals surface area contributed by atoms with Crippen molar-refractivity contribution in [3.63, 3.8) is 0 Å². The summed E-state index contributed by atoms with van der Waals surface area (Å²) in [6.07, 6.45) is 1.56. The quantitative estimate of drug-likeness (QED) is 0.900. The lowest BCUT2D eigenvalue weighted by Crippen LogP contribution is -2.28. The third-order valence-electron chi connectivity index (χ3n) is 3.29. The van der Waals surface area contributed by atoms with Gasteiger partial charge in [0, 0.05) is 6.20 Å². The summed E-state index contributed by atoms with van der Waals surface area (Å²) in [5.74, 6) is -0.254. The zero-order valence-corrected chi connectivity index (χ0v) is 12.0. The Kier molecular flexibility index (Phi) is 4.03. The number of pyridine rings is 1. The Labute approximate surface area is 119 Å². The van der Waals surface area contributed by atoms with E-state index in [1.807, 2.05) is 26.0 Å². The standard InChI is InChI=1S/C16H19N3O/c1-10-6-7-13(11(2)9-10)12(3)19-16(20)15-14(17)5-4-8-18-15/h4-9,12H,17H2,1-3H3,(H,19,20). The van der Waals surface area contributed by atoms with Crippen LogP contribution in [-0.2, 0) is 0 Å². The molecule has 1 aromatic carbocycles. The summed E-state index contributed by atoms with van der Waals surface area (Å²) in [6.45, 7) is 6.05. The van der Waals surface area contributed by atoms with Crippen LogP contribution in [0.4, 0.5) is 5.69 Å². The molecule has 1 amide bonds.